The van der Waals surface area contributed by atoms with E-state index in [1.165, 1.54) is 25.7 Å². The van der Waals surface area contributed by atoms with E-state index < -0.39 is 0 Å². The molecule has 1 N–H and O–H groups in total. The lowest BCUT2D eigenvalue weighted by Gasteiger charge is -2.38. The summed E-state index contributed by atoms with van der Waals surface area (Å²) in [7, 11) is 0. The predicted molar refractivity (Wildman–Crippen MR) is 67.4 cm³/mol. The van der Waals surface area contributed by atoms with Crippen LogP contribution >= 0.6 is 0 Å². The molecule has 0 atom stereocenters. The number of unbranched alkanes of at least 4 members (excludes halogenated alkanes) is 4. The highest BCUT2D eigenvalue weighted by Gasteiger charge is 2.34. The molecule has 0 radical (unpaired) electrons. The molecule has 0 saturated carbocycles. The van der Waals surface area contributed by atoms with Crippen LogP contribution in [0.1, 0.15) is 52.9 Å². The molecule has 1 fully saturated rings. The molecule has 0 bridgehead atoms. The molecule has 0 aromatic carbocycles. The van der Waals surface area contributed by atoms with Crippen LogP contribution in [0, 0.1) is 0 Å². The molecule has 0 aliphatic carbocycles. The smallest absolute Gasteiger partial charge is 0.242 e. The van der Waals surface area contributed by atoms with Crippen molar-refractivity contribution < 1.29 is 4.79 Å². The normalized spacial score (nSPS) is 20.2. The highest BCUT2D eigenvalue weighted by Crippen LogP contribution is 2.13. The van der Waals surface area contributed by atoms with Crippen molar-refractivity contribution in [2.24, 2.45) is 0 Å². The first kappa shape index (κ1) is 13.5. The first-order valence-corrected chi connectivity index (χ1v) is 6.62. The molecule has 1 aliphatic heterocycles. The molecule has 94 valence electrons. The van der Waals surface area contributed by atoms with Crippen molar-refractivity contribution in [3.05, 3.63) is 0 Å². The second-order valence-electron chi connectivity index (χ2n) is 5.26. The van der Waals surface area contributed by atoms with Gasteiger partial charge in [0, 0.05) is 19.6 Å². The Kier molecular flexibility index (Phi) is 5.26. The molecule has 3 heteroatoms. The molecule has 3 nitrogen and oxygen atoms in total. The summed E-state index contributed by atoms with van der Waals surface area (Å²) in [6, 6.07) is 0. The number of nitrogens with zero attached hydrogens (tertiary/aromatic N) is 1. The Morgan fingerprint density at radius 2 is 1.94 bits per heavy atom. The fourth-order valence-corrected chi connectivity index (χ4v) is 2.20. The third kappa shape index (κ3) is 3.78. The van der Waals surface area contributed by atoms with Gasteiger partial charge >= 0.3 is 0 Å². The number of amides is 1. The molecule has 0 spiro atoms. The predicted octanol–water partition coefficient (Wildman–Crippen LogP) is 2.17. The topological polar surface area (TPSA) is 32.3 Å². The van der Waals surface area contributed by atoms with Gasteiger partial charge in [-0.15, -0.1) is 0 Å². The zero-order valence-corrected chi connectivity index (χ0v) is 11.0. The van der Waals surface area contributed by atoms with Gasteiger partial charge in [-0.1, -0.05) is 32.6 Å². The largest absolute Gasteiger partial charge is 0.340 e. The third-order valence-corrected chi connectivity index (χ3v) is 3.30. The van der Waals surface area contributed by atoms with Crippen molar-refractivity contribution in [2.75, 3.05) is 19.6 Å². The number of carbonyl (C=O) groups is 1. The molecule has 0 aromatic heterocycles. The fourth-order valence-electron chi connectivity index (χ4n) is 2.20. The molecule has 1 heterocycles. The van der Waals surface area contributed by atoms with E-state index in [1.54, 1.807) is 0 Å². The van der Waals surface area contributed by atoms with E-state index in [2.05, 4.69) is 12.2 Å². The quantitative estimate of drug-likeness (QED) is 0.704. The first-order valence-electron chi connectivity index (χ1n) is 6.62. The van der Waals surface area contributed by atoms with Gasteiger partial charge in [-0.3, -0.25) is 4.79 Å². The summed E-state index contributed by atoms with van der Waals surface area (Å²) >= 11 is 0. The van der Waals surface area contributed by atoms with Gasteiger partial charge < -0.3 is 10.2 Å². The molecule has 1 aliphatic rings. The molecular weight excluding hydrogens is 200 g/mol. The van der Waals surface area contributed by atoms with Crippen LogP contribution in [0.5, 0.6) is 0 Å². The number of piperazine rings is 1. The second kappa shape index (κ2) is 6.24. The van der Waals surface area contributed by atoms with Crippen LogP contribution in [0.4, 0.5) is 0 Å². The van der Waals surface area contributed by atoms with Crippen molar-refractivity contribution >= 4 is 5.91 Å². The molecule has 0 aromatic rings. The zero-order valence-electron chi connectivity index (χ0n) is 11.0. The number of rotatable bonds is 6. The monoisotopic (exact) mass is 226 g/mol. The molecule has 1 amide bonds. The van der Waals surface area contributed by atoms with Gasteiger partial charge in [-0.25, -0.2) is 0 Å². The Labute approximate surface area is 99.6 Å². The van der Waals surface area contributed by atoms with E-state index in [-0.39, 0.29) is 11.4 Å². The van der Waals surface area contributed by atoms with E-state index in [0.29, 0.717) is 0 Å². The summed E-state index contributed by atoms with van der Waals surface area (Å²) in [6.07, 6.45) is 6.31. The van der Waals surface area contributed by atoms with Crippen LogP contribution < -0.4 is 5.32 Å². The lowest BCUT2D eigenvalue weighted by molar-refractivity contribution is -0.139. The Morgan fingerprint density at radius 3 is 2.62 bits per heavy atom. The van der Waals surface area contributed by atoms with Crippen LogP contribution in [-0.2, 0) is 4.79 Å². The van der Waals surface area contributed by atoms with E-state index in [1.807, 2.05) is 18.7 Å². The highest BCUT2D eigenvalue weighted by atomic mass is 16.2. The molecule has 0 unspecified atom stereocenters. The van der Waals surface area contributed by atoms with Crippen molar-refractivity contribution in [3.8, 4) is 0 Å². The summed E-state index contributed by atoms with van der Waals surface area (Å²) in [5, 5.41) is 3.26. The standard InChI is InChI=1S/C13H26N2O/c1-4-5-6-7-8-10-15-11-9-14-13(2,3)12(15)16/h14H,4-11H2,1-3H3. The minimum absolute atomic E-state index is 0.259. The van der Waals surface area contributed by atoms with Crippen molar-refractivity contribution in [2.45, 2.75) is 58.4 Å². The Balaban J connectivity index is 2.23. The SMILES string of the molecule is CCCCCCCN1CCNC(C)(C)C1=O. The van der Waals surface area contributed by atoms with E-state index in [9.17, 15) is 4.79 Å². The van der Waals surface area contributed by atoms with Gasteiger partial charge in [0.15, 0.2) is 0 Å². The van der Waals surface area contributed by atoms with Crippen LogP contribution in [0.2, 0.25) is 0 Å². The van der Waals surface area contributed by atoms with E-state index in [0.717, 1.165) is 26.1 Å². The summed E-state index contributed by atoms with van der Waals surface area (Å²) < 4.78 is 0. The molecule has 1 rings (SSSR count). The van der Waals surface area contributed by atoms with Crippen LogP contribution in [0.15, 0.2) is 0 Å². The maximum atomic E-state index is 12.0. The zero-order chi connectivity index (χ0) is 12.0. The average molecular weight is 226 g/mol. The van der Waals surface area contributed by atoms with Gasteiger partial charge in [0.25, 0.3) is 0 Å². The Bertz CT molecular complexity index is 226. The van der Waals surface area contributed by atoms with Crippen molar-refractivity contribution in [3.63, 3.8) is 0 Å². The van der Waals surface area contributed by atoms with Crippen LogP contribution in [0.25, 0.3) is 0 Å². The highest BCUT2D eigenvalue weighted by molar-refractivity contribution is 5.86. The van der Waals surface area contributed by atoms with E-state index in [4.69, 9.17) is 0 Å². The van der Waals surface area contributed by atoms with Gasteiger partial charge in [0.05, 0.1) is 5.54 Å². The summed E-state index contributed by atoms with van der Waals surface area (Å²) in [5.74, 6) is 0.259. The van der Waals surface area contributed by atoms with E-state index >= 15 is 0 Å². The lowest BCUT2D eigenvalue weighted by Crippen LogP contribution is -2.61. The number of nitrogens with one attached hydrogen (secondary N) is 1. The number of carbonyl (C=O) groups excluding carboxylic acids is 1. The average Bonchev–Trinajstić information content (AvgIpc) is 2.24. The lowest BCUT2D eigenvalue weighted by atomic mass is 10.0. The van der Waals surface area contributed by atoms with Gasteiger partial charge in [0.2, 0.25) is 5.91 Å². The summed E-state index contributed by atoms with van der Waals surface area (Å²) in [5.41, 5.74) is -0.359. The fraction of sp³-hybridized carbons (Fsp3) is 0.923. The van der Waals surface area contributed by atoms with Crippen LogP contribution in [-0.4, -0.2) is 36.0 Å². The van der Waals surface area contributed by atoms with Crippen molar-refractivity contribution in [1.29, 1.82) is 0 Å². The number of hydrogen-bond donors (Lipinski definition) is 1. The second-order valence-corrected chi connectivity index (χ2v) is 5.26. The maximum Gasteiger partial charge on any atom is 0.242 e. The number of hydrogen-bond acceptors (Lipinski definition) is 2. The minimum atomic E-state index is -0.359. The van der Waals surface area contributed by atoms with Crippen LogP contribution in [0.3, 0.4) is 0 Å². The molecule has 1 saturated heterocycles. The Hall–Kier alpha value is -0.570. The first-order chi connectivity index (χ1) is 7.58. The molecular formula is C13H26N2O. The maximum absolute atomic E-state index is 12.0. The van der Waals surface area contributed by atoms with Gasteiger partial charge in [-0.2, -0.15) is 0 Å². The minimum Gasteiger partial charge on any atom is -0.340 e. The van der Waals surface area contributed by atoms with Gasteiger partial charge in [-0.05, 0) is 20.3 Å². The van der Waals surface area contributed by atoms with Crippen molar-refractivity contribution in [1.82, 2.24) is 10.2 Å². The summed E-state index contributed by atoms with van der Waals surface area (Å²) in [4.78, 5) is 14.0. The third-order valence-electron chi connectivity index (χ3n) is 3.30. The molecule has 16 heavy (non-hydrogen) atoms. The summed E-state index contributed by atoms with van der Waals surface area (Å²) in [6.45, 7) is 8.90. The Morgan fingerprint density at radius 1 is 1.25 bits per heavy atom. The van der Waals surface area contributed by atoms with Gasteiger partial charge in [0.1, 0.15) is 0 Å².